The molecule has 0 unspecified atom stereocenters. The third-order valence-electron chi connectivity index (χ3n) is 7.75. The second-order valence-electron chi connectivity index (χ2n) is 11.7. The number of hydrogen-bond donors (Lipinski definition) is 0. The fraction of sp³-hybridized carbons (Fsp3) is 0.351. The summed E-state index contributed by atoms with van der Waals surface area (Å²) in [6, 6.07) is 30.9. The van der Waals surface area contributed by atoms with E-state index in [0.29, 0.717) is 0 Å². The third kappa shape index (κ3) is 7.11. The summed E-state index contributed by atoms with van der Waals surface area (Å²) in [6.45, 7) is 8.88. The molecule has 3 aromatic carbocycles. The van der Waals surface area contributed by atoms with Crippen LogP contribution in [0.5, 0.6) is 0 Å². The van der Waals surface area contributed by atoms with Crippen molar-refractivity contribution in [3.05, 3.63) is 107 Å². The number of anilines is 3. The Morgan fingerprint density at radius 1 is 0.700 bits per heavy atom. The number of aryl methyl sites for hydroxylation is 2. The fourth-order valence-corrected chi connectivity index (χ4v) is 5.58. The van der Waals surface area contributed by atoms with Crippen molar-refractivity contribution < 1.29 is 0 Å². The largest absolute Gasteiger partial charge is 0.311 e. The first-order valence-corrected chi connectivity index (χ1v) is 14.7. The maximum Gasteiger partial charge on any atom is 0.132 e. The van der Waals surface area contributed by atoms with E-state index in [-0.39, 0.29) is 11.0 Å². The Labute approximate surface area is 241 Å². The van der Waals surface area contributed by atoms with Gasteiger partial charge >= 0.3 is 0 Å². The fourth-order valence-electron chi connectivity index (χ4n) is 5.58. The van der Waals surface area contributed by atoms with Gasteiger partial charge in [0.05, 0.1) is 0 Å². The minimum absolute atomic E-state index is 0.0118. The van der Waals surface area contributed by atoms with Gasteiger partial charge in [-0.3, -0.25) is 0 Å². The van der Waals surface area contributed by atoms with Crippen molar-refractivity contribution in [1.82, 2.24) is 0 Å². The summed E-state index contributed by atoms with van der Waals surface area (Å²) < 4.78 is 0. The third-order valence-corrected chi connectivity index (χ3v) is 7.75. The molecule has 0 amide bonds. The molecule has 40 heavy (non-hydrogen) atoms. The van der Waals surface area contributed by atoms with Crippen molar-refractivity contribution >= 4 is 22.6 Å². The summed E-state index contributed by atoms with van der Waals surface area (Å²) in [5.74, 6) is 0. The van der Waals surface area contributed by atoms with Crippen LogP contribution in [-0.2, 0) is 12.8 Å². The molecule has 0 N–H and O–H groups in total. The highest BCUT2D eigenvalue weighted by atomic mass is 15.1. The molecule has 0 radical (unpaired) electrons. The van der Waals surface area contributed by atoms with Crippen LogP contribution in [0.15, 0.2) is 90.0 Å². The molecule has 1 aliphatic carbocycles. The molecule has 204 valence electrons. The zero-order valence-electron chi connectivity index (χ0n) is 24.5. The minimum atomic E-state index is -0.0118. The highest BCUT2D eigenvalue weighted by Crippen LogP contribution is 2.43. The van der Waals surface area contributed by atoms with Gasteiger partial charge in [0, 0.05) is 17.1 Å². The maximum atomic E-state index is 9.47. The summed E-state index contributed by atoms with van der Waals surface area (Å²) in [4.78, 5) is 2.32. The molecular formula is C37H41N3. The van der Waals surface area contributed by atoms with Gasteiger partial charge in [0.2, 0.25) is 0 Å². The summed E-state index contributed by atoms with van der Waals surface area (Å²) in [5.41, 5.74) is 9.50. The van der Waals surface area contributed by atoms with Crippen molar-refractivity contribution in [2.75, 3.05) is 4.90 Å². The van der Waals surface area contributed by atoms with Crippen LogP contribution in [0.1, 0.15) is 82.9 Å². The van der Waals surface area contributed by atoms with E-state index in [0.717, 1.165) is 53.9 Å². The van der Waals surface area contributed by atoms with E-state index in [1.54, 1.807) is 0 Å². The molecule has 0 saturated carbocycles. The van der Waals surface area contributed by atoms with E-state index in [9.17, 15) is 10.5 Å². The monoisotopic (exact) mass is 527 g/mol. The Morgan fingerprint density at radius 3 is 1.57 bits per heavy atom. The van der Waals surface area contributed by atoms with Crippen LogP contribution in [0.25, 0.3) is 5.57 Å². The van der Waals surface area contributed by atoms with Gasteiger partial charge in [0.15, 0.2) is 0 Å². The molecule has 0 saturated heterocycles. The number of hydrogen-bond acceptors (Lipinski definition) is 3. The smallest absolute Gasteiger partial charge is 0.132 e. The van der Waals surface area contributed by atoms with Gasteiger partial charge in [-0.15, -0.1) is 0 Å². The summed E-state index contributed by atoms with van der Waals surface area (Å²) in [6.07, 6.45) is 10.7. The van der Waals surface area contributed by atoms with Crippen molar-refractivity contribution in [2.24, 2.45) is 5.41 Å². The number of nitriles is 2. The standard InChI is InChI=1S/C37H41N3/c1-5-7-9-28-11-17-34(18-12-28)40(35-19-13-29(14-20-35)10-8-6-2)36-21-15-30(16-22-36)31-23-32(33(26-38)27-39)25-37(3,4)24-31/h11-23H,5-10,24-25H2,1-4H3. The number of nitrogens with zero attached hydrogens (tertiary/aromatic N) is 3. The number of rotatable bonds is 10. The van der Waals surface area contributed by atoms with Gasteiger partial charge in [-0.25, -0.2) is 0 Å². The van der Waals surface area contributed by atoms with Gasteiger partial charge in [0.1, 0.15) is 17.7 Å². The Kier molecular flexibility index (Phi) is 9.63. The lowest BCUT2D eigenvalue weighted by Crippen LogP contribution is -2.17. The average molecular weight is 528 g/mol. The normalized spacial score (nSPS) is 14.2. The second-order valence-corrected chi connectivity index (χ2v) is 11.7. The molecule has 0 fully saturated rings. The van der Waals surface area contributed by atoms with E-state index in [2.05, 4.69) is 124 Å². The van der Waals surface area contributed by atoms with Gasteiger partial charge in [0.25, 0.3) is 0 Å². The van der Waals surface area contributed by atoms with Gasteiger partial charge in [-0.2, -0.15) is 10.5 Å². The highest BCUT2D eigenvalue weighted by molar-refractivity contribution is 5.79. The minimum Gasteiger partial charge on any atom is -0.311 e. The zero-order valence-corrected chi connectivity index (χ0v) is 24.5. The SMILES string of the molecule is CCCCc1ccc(N(c2ccc(CCCC)cc2)c2ccc(C3=CC(=C(C#N)C#N)CC(C)(C)C3)cc2)cc1. The molecule has 4 rings (SSSR count). The van der Waals surface area contributed by atoms with Gasteiger partial charge < -0.3 is 4.90 Å². The van der Waals surface area contributed by atoms with Crippen LogP contribution in [0.4, 0.5) is 17.1 Å². The number of allylic oxidation sites excluding steroid dienone is 4. The van der Waals surface area contributed by atoms with E-state index in [4.69, 9.17) is 0 Å². The van der Waals surface area contributed by atoms with Crippen molar-refractivity contribution in [3.8, 4) is 12.1 Å². The van der Waals surface area contributed by atoms with Crippen LogP contribution in [0.3, 0.4) is 0 Å². The van der Waals surface area contributed by atoms with Gasteiger partial charge in [-0.05, 0) is 108 Å². The molecule has 0 aromatic heterocycles. The van der Waals surface area contributed by atoms with Crippen LogP contribution in [-0.4, -0.2) is 0 Å². The van der Waals surface area contributed by atoms with E-state index >= 15 is 0 Å². The lowest BCUT2D eigenvalue weighted by Gasteiger charge is -2.32. The first kappa shape index (κ1) is 28.9. The lowest BCUT2D eigenvalue weighted by atomic mass is 9.73. The topological polar surface area (TPSA) is 50.8 Å². The van der Waals surface area contributed by atoms with Crippen LogP contribution >= 0.6 is 0 Å². The molecule has 3 aromatic rings. The molecule has 0 spiro atoms. The van der Waals surface area contributed by atoms with Crippen LogP contribution in [0.2, 0.25) is 0 Å². The quantitative estimate of drug-likeness (QED) is 0.246. The number of unbranched alkanes of at least 4 members (excludes halogenated alkanes) is 2. The Hall–Kier alpha value is -4.08. The molecule has 3 nitrogen and oxygen atoms in total. The highest BCUT2D eigenvalue weighted by Gasteiger charge is 2.28. The molecule has 0 atom stereocenters. The van der Waals surface area contributed by atoms with Crippen molar-refractivity contribution in [2.45, 2.75) is 79.1 Å². The lowest BCUT2D eigenvalue weighted by molar-refractivity contribution is 0.369. The molecular weight excluding hydrogens is 486 g/mol. The summed E-state index contributed by atoms with van der Waals surface area (Å²) >= 11 is 0. The van der Waals surface area contributed by atoms with Gasteiger partial charge in [-0.1, -0.05) is 83.0 Å². The Balaban J connectivity index is 1.70. The van der Waals surface area contributed by atoms with E-state index < -0.39 is 0 Å². The summed E-state index contributed by atoms with van der Waals surface area (Å²) in [7, 11) is 0. The predicted molar refractivity (Wildman–Crippen MR) is 168 cm³/mol. The molecule has 0 heterocycles. The van der Waals surface area contributed by atoms with Crippen molar-refractivity contribution in [3.63, 3.8) is 0 Å². The maximum absolute atomic E-state index is 9.47. The zero-order chi connectivity index (χ0) is 28.5. The number of benzene rings is 3. The molecule has 0 bridgehead atoms. The average Bonchev–Trinajstić information content (AvgIpc) is 2.96. The van der Waals surface area contributed by atoms with Crippen LogP contribution < -0.4 is 4.90 Å². The second kappa shape index (κ2) is 13.3. The van der Waals surface area contributed by atoms with Crippen molar-refractivity contribution in [1.29, 1.82) is 10.5 Å². The first-order chi connectivity index (χ1) is 19.4. The molecule has 1 aliphatic rings. The first-order valence-electron chi connectivity index (χ1n) is 14.7. The molecule has 3 heteroatoms. The van der Waals surface area contributed by atoms with E-state index in [1.807, 2.05) is 0 Å². The Morgan fingerprint density at radius 2 is 1.15 bits per heavy atom. The predicted octanol–water partition coefficient (Wildman–Crippen LogP) is 10.4. The molecule has 0 aliphatic heterocycles. The van der Waals surface area contributed by atoms with E-state index in [1.165, 1.54) is 42.4 Å². The summed E-state index contributed by atoms with van der Waals surface area (Å²) in [5, 5.41) is 18.9. The van der Waals surface area contributed by atoms with Crippen LogP contribution in [0, 0.1) is 28.1 Å². The Bertz CT molecular complexity index is 1360.